The van der Waals surface area contributed by atoms with Crippen molar-refractivity contribution in [3.63, 3.8) is 0 Å². The predicted molar refractivity (Wildman–Crippen MR) is 50.8 cm³/mol. The standard InChI is InChI=1S/C6H14N2O3.CH3NO2/c7-2-1-3(8)5(10)6(11)4(2)9;2-1(3)4/h2-6,9-11H,1,7-8H2;2H2,(H,3,4)/t2-,3+,4+,5-,6-;. The third kappa shape index (κ3) is 4.40. The second-order valence-corrected chi connectivity index (χ2v) is 3.37. The van der Waals surface area contributed by atoms with Crippen LogP contribution in [0.5, 0.6) is 0 Å². The second kappa shape index (κ2) is 5.83. The Morgan fingerprint density at radius 3 is 1.53 bits per heavy atom. The molecule has 5 atom stereocenters. The highest BCUT2D eigenvalue weighted by atomic mass is 16.4. The van der Waals surface area contributed by atoms with Crippen LogP contribution in [0.1, 0.15) is 6.42 Å². The van der Waals surface area contributed by atoms with Gasteiger partial charge in [-0.3, -0.25) is 0 Å². The van der Waals surface area contributed by atoms with Crippen molar-refractivity contribution in [1.82, 2.24) is 0 Å². The summed E-state index contributed by atoms with van der Waals surface area (Å²) in [7, 11) is 0. The van der Waals surface area contributed by atoms with Gasteiger partial charge in [0.2, 0.25) is 0 Å². The van der Waals surface area contributed by atoms with Gasteiger partial charge in [-0.05, 0) is 6.42 Å². The Hall–Kier alpha value is -0.930. The molecule has 1 fully saturated rings. The topological polar surface area (TPSA) is 176 Å². The van der Waals surface area contributed by atoms with E-state index in [9.17, 15) is 0 Å². The molecule has 0 aromatic carbocycles. The van der Waals surface area contributed by atoms with Crippen LogP contribution in [-0.4, -0.2) is 56.9 Å². The molecule has 0 spiro atoms. The number of carboxylic acid groups (broad SMARTS) is 1. The van der Waals surface area contributed by atoms with Crippen LogP contribution in [0, 0.1) is 0 Å². The van der Waals surface area contributed by atoms with Crippen molar-refractivity contribution >= 4 is 6.09 Å². The SMILES string of the molecule is NC(=O)O.N[C@@H]1C[C@H](N)[C@@H](O)[C@H](O)[C@H]1O. The molecular weight excluding hydrogens is 206 g/mol. The highest BCUT2D eigenvalue weighted by Gasteiger charge is 2.39. The van der Waals surface area contributed by atoms with E-state index < -0.39 is 36.5 Å². The number of carbonyl (C=O) groups is 1. The first-order valence-electron chi connectivity index (χ1n) is 4.31. The third-order valence-electron chi connectivity index (χ3n) is 2.12. The minimum Gasteiger partial charge on any atom is -0.465 e. The van der Waals surface area contributed by atoms with E-state index in [1.165, 1.54) is 0 Å². The number of aliphatic hydroxyl groups excluding tert-OH is 3. The fourth-order valence-electron chi connectivity index (χ4n) is 1.30. The van der Waals surface area contributed by atoms with Gasteiger partial charge in [0.15, 0.2) is 0 Å². The summed E-state index contributed by atoms with van der Waals surface area (Å²) in [5.74, 6) is 0. The average Bonchev–Trinajstić information content (AvgIpc) is 2.11. The van der Waals surface area contributed by atoms with Gasteiger partial charge < -0.3 is 37.6 Å². The van der Waals surface area contributed by atoms with Crippen molar-refractivity contribution < 1.29 is 25.2 Å². The maximum atomic E-state index is 9.14. The molecule has 0 heterocycles. The maximum Gasteiger partial charge on any atom is 0.402 e. The summed E-state index contributed by atoms with van der Waals surface area (Å²) in [4.78, 5) is 8.78. The largest absolute Gasteiger partial charge is 0.465 e. The monoisotopic (exact) mass is 223 g/mol. The van der Waals surface area contributed by atoms with Gasteiger partial charge in [-0.15, -0.1) is 0 Å². The summed E-state index contributed by atoms with van der Waals surface area (Å²) < 4.78 is 0. The summed E-state index contributed by atoms with van der Waals surface area (Å²) in [6.07, 6.45) is -4.34. The second-order valence-electron chi connectivity index (χ2n) is 3.37. The van der Waals surface area contributed by atoms with Gasteiger partial charge >= 0.3 is 6.09 Å². The van der Waals surface area contributed by atoms with E-state index in [1.54, 1.807) is 0 Å². The number of hydrogen-bond acceptors (Lipinski definition) is 6. The first kappa shape index (κ1) is 14.1. The van der Waals surface area contributed by atoms with Crippen molar-refractivity contribution in [3.8, 4) is 0 Å². The summed E-state index contributed by atoms with van der Waals surface area (Å²) in [6, 6.07) is -1.08. The van der Waals surface area contributed by atoms with Crippen molar-refractivity contribution in [3.05, 3.63) is 0 Å². The molecule has 0 radical (unpaired) electrons. The zero-order chi connectivity index (χ0) is 12.2. The average molecular weight is 223 g/mol. The zero-order valence-corrected chi connectivity index (χ0v) is 8.02. The molecule has 1 saturated carbocycles. The Labute approximate surface area is 86.3 Å². The molecular formula is C7H17N3O5. The maximum absolute atomic E-state index is 9.14. The smallest absolute Gasteiger partial charge is 0.402 e. The van der Waals surface area contributed by atoms with E-state index in [4.69, 9.17) is 36.7 Å². The molecule has 8 heteroatoms. The fourth-order valence-corrected chi connectivity index (χ4v) is 1.30. The molecule has 1 aliphatic rings. The van der Waals surface area contributed by atoms with Crippen molar-refractivity contribution in [2.45, 2.75) is 36.8 Å². The van der Waals surface area contributed by atoms with Crippen LogP contribution in [0.25, 0.3) is 0 Å². The molecule has 15 heavy (non-hydrogen) atoms. The molecule has 0 aliphatic heterocycles. The van der Waals surface area contributed by atoms with Crippen LogP contribution >= 0.6 is 0 Å². The van der Waals surface area contributed by atoms with Gasteiger partial charge in [0.05, 0.1) is 12.2 Å². The molecule has 1 aliphatic carbocycles. The molecule has 8 nitrogen and oxygen atoms in total. The van der Waals surface area contributed by atoms with E-state index >= 15 is 0 Å². The van der Waals surface area contributed by atoms with Gasteiger partial charge in [0.25, 0.3) is 0 Å². The fraction of sp³-hybridized carbons (Fsp3) is 0.857. The molecule has 0 unspecified atom stereocenters. The quantitative estimate of drug-likeness (QED) is 0.225. The number of aliphatic hydroxyl groups is 3. The summed E-state index contributed by atoms with van der Waals surface area (Å²) in [6.45, 7) is 0. The molecule has 1 rings (SSSR count). The van der Waals surface area contributed by atoms with Crippen LogP contribution in [0.3, 0.4) is 0 Å². The molecule has 90 valence electrons. The minimum absolute atomic E-state index is 0.333. The van der Waals surface area contributed by atoms with E-state index in [0.717, 1.165) is 0 Å². The van der Waals surface area contributed by atoms with Gasteiger partial charge in [0, 0.05) is 12.1 Å². The molecule has 0 bridgehead atoms. The minimum atomic E-state index is -1.33. The van der Waals surface area contributed by atoms with Crippen molar-refractivity contribution in [1.29, 1.82) is 0 Å². The van der Waals surface area contributed by atoms with Crippen LogP contribution in [0.4, 0.5) is 4.79 Å². The van der Waals surface area contributed by atoms with Crippen molar-refractivity contribution in [2.24, 2.45) is 17.2 Å². The molecule has 0 saturated heterocycles. The van der Waals surface area contributed by atoms with Crippen LogP contribution in [0.15, 0.2) is 0 Å². The van der Waals surface area contributed by atoms with Gasteiger partial charge in [-0.2, -0.15) is 0 Å². The Morgan fingerprint density at radius 2 is 1.27 bits per heavy atom. The Bertz CT molecular complexity index is 197. The number of hydrogen-bond donors (Lipinski definition) is 7. The number of rotatable bonds is 0. The Morgan fingerprint density at radius 1 is 1.00 bits per heavy atom. The summed E-state index contributed by atoms with van der Waals surface area (Å²) in [5.41, 5.74) is 14.9. The van der Waals surface area contributed by atoms with Gasteiger partial charge in [0.1, 0.15) is 6.10 Å². The van der Waals surface area contributed by atoms with E-state index in [-0.39, 0.29) is 0 Å². The van der Waals surface area contributed by atoms with E-state index in [1.807, 2.05) is 0 Å². The highest BCUT2D eigenvalue weighted by molar-refractivity contribution is 5.61. The van der Waals surface area contributed by atoms with E-state index in [2.05, 4.69) is 5.73 Å². The predicted octanol–water partition coefficient (Wildman–Crippen LogP) is -3.25. The van der Waals surface area contributed by atoms with Crippen molar-refractivity contribution in [2.75, 3.05) is 0 Å². The molecule has 10 N–H and O–H groups in total. The normalized spacial score (nSPS) is 40.2. The Kier molecular flexibility index (Phi) is 5.47. The number of amides is 1. The van der Waals surface area contributed by atoms with Crippen LogP contribution in [-0.2, 0) is 0 Å². The zero-order valence-electron chi connectivity index (χ0n) is 8.02. The lowest BCUT2D eigenvalue weighted by Crippen LogP contribution is -2.61. The lowest BCUT2D eigenvalue weighted by atomic mass is 9.85. The van der Waals surface area contributed by atoms with Crippen LogP contribution in [0.2, 0.25) is 0 Å². The first-order valence-corrected chi connectivity index (χ1v) is 4.31. The number of primary amides is 1. The molecule has 0 aromatic rings. The molecule has 1 amide bonds. The highest BCUT2D eigenvalue weighted by Crippen LogP contribution is 2.17. The van der Waals surface area contributed by atoms with Gasteiger partial charge in [-0.1, -0.05) is 0 Å². The summed E-state index contributed by atoms with van der Waals surface area (Å²) >= 11 is 0. The summed E-state index contributed by atoms with van der Waals surface area (Å²) in [5, 5.41) is 34.6. The van der Waals surface area contributed by atoms with Gasteiger partial charge in [-0.25, -0.2) is 4.79 Å². The first-order chi connectivity index (χ1) is 6.77. The van der Waals surface area contributed by atoms with Crippen LogP contribution < -0.4 is 17.2 Å². The lowest BCUT2D eigenvalue weighted by Gasteiger charge is -2.37. The third-order valence-corrected chi connectivity index (χ3v) is 2.12. The Balaban J connectivity index is 0.000000423. The molecule has 0 aromatic heterocycles. The lowest BCUT2D eigenvalue weighted by molar-refractivity contribution is -0.100. The van der Waals surface area contributed by atoms with E-state index in [0.29, 0.717) is 6.42 Å². The number of nitrogens with two attached hydrogens (primary N) is 3.